The van der Waals surface area contributed by atoms with E-state index in [-0.39, 0.29) is 11.7 Å². The van der Waals surface area contributed by atoms with Gasteiger partial charge in [0, 0.05) is 18.9 Å². The fourth-order valence-corrected chi connectivity index (χ4v) is 2.32. The number of aryl methyl sites for hydroxylation is 2. The van der Waals surface area contributed by atoms with Gasteiger partial charge in [-0.1, -0.05) is 6.92 Å². The van der Waals surface area contributed by atoms with Crippen LogP contribution in [0.4, 0.5) is 0 Å². The van der Waals surface area contributed by atoms with E-state index in [1.54, 1.807) is 6.92 Å². The summed E-state index contributed by atoms with van der Waals surface area (Å²) in [5.41, 5.74) is 2.14. The largest absolute Gasteiger partial charge is 0.300 e. The van der Waals surface area contributed by atoms with Crippen LogP contribution >= 0.6 is 15.9 Å². The fourth-order valence-electron chi connectivity index (χ4n) is 1.87. The van der Waals surface area contributed by atoms with Gasteiger partial charge in [0.1, 0.15) is 5.78 Å². The average Bonchev–Trinajstić information content (AvgIpc) is 2.51. The van der Waals surface area contributed by atoms with E-state index < -0.39 is 0 Å². The zero-order valence-corrected chi connectivity index (χ0v) is 12.0. The third-order valence-corrected chi connectivity index (χ3v) is 3.99. The number of Topliss-reactive ketones (excluding diaryl/α,β-unsaturated/α-hetero) is 1. The first-order valence-electron chi connectivity index (χ1n) is 5.73. The van der Waals surface area contributed by atoms with Crippen molar-refractivity contribution >= 4 is 21.7 Å². The van der Waals surface area contributed by atoms with Gasteiger partial charge in [0.15, 0.2) is 0 Å². The van der Waals surface area contributed by atoms with Crippen LogP contribution in [0.1, 0.15) is 38.6 Å². The molecular formula is C12H19BrN2O. The van der Waals surface area contributed by atoms with Gasteiger partial charge in [0.05, 0.1) is 15.9 Å². The molecule has 0 radical (unpaired) electrons. The molecule has 1 heterocycles. The van der Waals surface area contributed by atoms with Crippen molar-refractivity contribution in [2.24, 2.45) is 5.92 Å². The molecule has 0 aromatic carbocycles. The topological polar surface area (TPSA) is 34.9 Å². The van der Waals surface area contributed by atoms with Gasteiger partial charge in [-0.2, -0.15) is 5.10 Å². The molecule has 1 unspecified atom stereocenters. The van der Waals surface area contributed by atoms with Crippen molar-refractivity contribution in [3.05, 3.63) is 15.9 Å². The highest BCUT2D eigenvalue weighted by molar-refractivity contribution is 9.10. The summed E-state index contributed by atoms with van der Waals surface area (Å²) in [5.74, 6) is 0.369. The maximum Gasteiger partial charge on any atom is 0.133 e. The van der Waals surface area contributed by atoms with Crippen molar-refractivity contribution in [3.8, 4) is 0 Å². The Bertz CT molecular complexity index is 385. The summed E-state index contributed by atoms with van der Waals surface area (Å²) < 4.78 is 3.03. The third-order valence-electron chi connectivity index (χ3n) is 2.96. The van der Waals surface area contributed by atoms with Crippen LogP contribution in [-0.4, -0.2) is 15.6 Å². The number of rotatable bonds is 5. The smallest absolute Gasteiger partial charge is 0.133 e. The second kappa shape index (κ2) is 5.62. The maximum absolute atomic E-state index is 11.5. The molecule has 1 aromatic heterocycles. The number of nitrogens with zero attached hydrogens (tertiary/aromatic N) is 2. The number of carbonyl (C=O) groups is 1. The van der Waals surface area contributed by atoms with Crippen molar-refractivity contribution < 1.29 is 4.79 Å². The molecule has 0 spiro atoms. The molecule has 0 bridgehead atoms. The third kappa shape index (κ3) is 2.73. The Morgan fingerprint density at radius 1 is 1.50 bits per heavy atom. The predicted molar refractivity (Wildman–Crippen MR) is 68.5 cm³/mol. The number of hydrogen-bond donors (Lipinski definition) is 0. The van der Waals surface area contributed by atoms with E-state index in [1.807, 2.05) is 11.6 Å². The molecule has 0 saturated heterocycles. The molecule has 16 heavy (non-hydrogen) atoms. The van der Waals surface area contributed by atoms with Gasteiger partial charge < -0.3 is 0 Å². The van der Waals surface area contributed by atoms with Gasteiger partial charge in [-0.25, -0.2) is 0 Å². The summed E-state index contributed by atoms with van der Waals surface area (Å²) in [7, 11) is 0. The zero-order valence-electron chi connectivity index (χ0n) is 10.4. The first-order valence-corrected chi connectivity index (χ1v) is 6.52. The Hall–Kier alpha value is -0.640. The summed E-state index contributed by atoms with van der Waals surface area (Å²) in [6, 6.07) is 0. The number of ketones is 1. The average molecular weight is 287 g/mol. The highest BCUT2D eigenvalue weighted by Gasteiger charge is 2.19. The van der Waals surface area contributed by atoms with Crippen LogP contribution in [0.5, 0.6) is 0 Å². The molecule has 3 nitrogen and oxygen atoms in total. The minimum Gasteiger partial charge on any atom is -0.300 e. The van der Waals surface area contributed by atoms with Crippen LogP contribution in [0.25, 0.3) is 0 Å². The summed E-state index contributed by atoms with van der Waals surface area (Å²) in [4.78, 5) is 11.5. The molecule has 0 amide bonds. The van der Waals surface area contributed by atoms with E-state index in [4.69, 9.17) is 0 Å². The Balaban J connectivity index is 2.99. The van der Waals surface area contributed by atoms with Crippen molar-refractivity contribution in [1.82, 2.24) is 9.78 Å². The molecule has 0 fully saturated rings. The van der Waals surface area contributed by atoms with Crippen molar-refractivity contribution in [2.75, 3.05) is 0 Å². The Morgan fingerprint density at radius 2 is 2.12 bits per heavy atom. The minimum atomic E-state index is 0.109. The van der Waals surface area contributed by atoms with Crippen LogP contribution in [-0.2, 0) is 17.8 Å². The van der Waals surface area contributed by atoms with E-state index in [0.29, 0.717) is 0 Å². The Kier molecular flexibility index (Phi) is 4.71. The molecular weight excluding hydrogens is 268 g/mol. The van der Waals surface area contributed by atoms with E-state index in [1.165, 1.54) is 0 Å². The van der Waals surface area contributed by atoms with Crippen molar-refractivity contribution in [2.45, 2.75) is 47.1 Å². The zero-order chi connectivity index (χ0) is 12.3. The van der Waals surface area contributed by atoms with Crippen molar-refractivity contribution in [3.63, 3.8) is 0 Å². The van der Waals surface area contributed by atoms with E-state index in [0.717, 1.165) is 35.2 Å². The second-order valence-electron chi connectivity index (χ2n) is 4.08. The molecule has 0 saturated carbocycles. The second-order valence-corrected chi connectivity index (χ2v) is 4.87. The predicted octanol–water partition coefficient (Wildman–Crippen LogP) is 3.13. The van der Waals surface area contributed by atoms with Gasteiger partial charge in [-0.3, -0.25) is 9.48 Å². The first-order chi connectivity index (χ1) is 7.51. The summed E-state index contributed by atoms with van der Waals surface area (Å²) in [5, 5.41) is 4.43. The Morgan fingerprint density at radius 3 is 2.56 bits per heavy atom. The van der Waals surface area contributed by atoms with Crippen molar-refractivity contribution in [1.29, 1.82) is 0 Å². The molecule has 1 atom stereocenters. The summed E-state index contributed by atoms with van der Waals surface area (Å²) in [6.45, 7) is 8.61. The van der Waals surface area contributed by atoms with E-state index in [2.05, 4.69) is 34.9 Å². The lowest BCUT2D eigenvalue weighted by atomic mass is 9.96. The molecule has 0 N–H and O–H groups in total. The maximum atomic E-state index is 11.5. The van der Waals surface area contributed by atoms with Crippen LogP contribution in [0.2, 0.25) is 0 Å². The number of aromatic nitrogens is 2. The minimum absolute atomic E-state index is 0.109. The van der Waals surface area contributed by atoms with Crippen LogP contribution in [0.15, 0.2) is 4.47 Å². The quantitative estimate of drug-likeness (QED) is 0.834. The highest BCUT2D eigenvalue weighted by Crippen LogP contribution is 2.24. The van der Waals surface area contributed by atoms with Gasteiger partial charge in [-0.05, 0) is 43.1 Å². The highest BCUT2D eigenvalue weighted by atomic mass is 79.9. The lowest BCUT2D eigenvalue weighted by Gasteiger charge is -2.12. The van der Waals surface area contributed by atoms with Crippen LogP contribution in [0, 0.1) is 12.8 Å². The number of halogens is 1. The molecule has 0 aliphatic rings. The SMILES string of the molecule is CCC(Cc1c(Br)c(C)nn1CC)C(C)=O. The normalized spacial score (nSPS) is 12.8. The van der Waals surface area contributed by atoms with Crippen LogP contribution < -0.4 is 0 Å². The standard InChI is InChI=1S/C12H19BrN2O/c1-5-10(9(4)16)7-11-12(13)8(3)14-15(11)6-2/h10H,5-7H2,1-4H3. The summed E-state index contributed by atoms with van der Waals surface area (Å²) >= 11 is 3.55. The monoisotopic (exact) mass is 286 g/mol. The van der Waals surface area contributed by atoms with Gasteiger partial charge in [0.25, 0.3) is 0 Å². The van der Waals surface area contributed by atoms with Gasteiger partial charge in [0.2, 0.25) is 0 Å². The number of hydrogen-bond acceptors (Lipinski definition) is 2. The molecule has 1 aromatic rings. The van der Waals surface area contributed by atoms with Gasteiger partial charge >= 0.3 is 0 Å². The first kappa shape index (κ1) is 13.4. The molecule has 0 aliphatic heterocycles. The summed E-state index contributed by atoms with van der Waals surface area (Å²) in [6.07, 6.45) is 1.66. The molecule has 4 heteroatoms. The fraction of sp³-hybridized carbons (Fsp3) is 0.667. The van der Waals surface area contributed by atoms with E-state index >= 15 is 0 Å². The van der Waals surface area contributed by atoms with Gasteiger partial charge in [-0.15, -0.1) is 0 Å². The van der Waals surface area contributed by atoms with Crippen LogP contribution in [0.3, 0.4) is 0 Å². The van der Waals surface area contributed by atoms with E-state index in [9.17, 15) is 4.79 Å². The molecule has 1 rings (SSSR count). The lowest BCUT2D eigenvalue weighted by Crippen LogP contribution is -2.16. The lowest BCUT2D eigenvalue weighted by molar-refractivity contribution is -0.120. The molecule has 0 aliphatic carbocycles. The number of carbonyl (C=O) groups excluding carboxylic acids is 1. The Labute approximate surface area is 105 Å². The molecule has 90 valence electrons.